The van der Waals surface area contributed by atoms with Crippen LogP contribution in [0.15, 0.2) is 18.2 Å². The predicted molar refractivity (Wildman–Crippen MR) is 95.8 cm³/mol. The van der Waals surface area contributed by atoms with Crippen LogP contribution in [0.4, 0.5) is 0 Å². The summed E-state index contributed by atoms with van der Waals surface area (Å²) >= 11 is 0. The molecule has 138 valence electrons. The standard InChI is InChI=1S/C20H23NO5/c1-23-16-5-11-8-21-9-14(12(11)6-17(16)24-2)13-7-18(25-3)20(26-4)19(22)15(13)10-21/h5-7,14,22H,8-10H2,1-4H3/p+1/t14-/m0/s1. The van der Waals surface area contributed by atoms with Gasteiger partial charge in [0, 0.05) is 5.56 Å². The van der Waals surface area contributed by atoms with Gasteiger partial charge in [0.2, 0.25) is 5.75 Å². The molecule has 0 aliphatic carbocycles. The van der Waals surface area contributed by atoms with Crippen molar-refractivity contribution in [3.63, 3.8) is 0 Å². The Morgan fingerprint density at radius 3 is 2.15 bits per heavy atom. The minimum Gasteiger partial charge on any atom is -0.504 e. The zero-order valence-electron chi connectivity index (χ0n) is 15.5. The number of phenolic OH excluding ortho intramolecular Hbond substituents is 1. The largest absolute Gasteiger partial charge is 0.504 e. The summed E-state index contributed by atoms with van der Waals surface area (Å²) in [6.45, 7) is 2.62. The second-order valence-electron chi connectivity index (χ2n) is 6.79. The summed E-state index contributed by atoms with van der Waals surface area (Å²) < 4.78 is 21.8. The number of phenols is 1. The highest BCUT2D eigenvalue weighted by Crippen LogP contribution is 2.47. The van der Waals surface area contributed by atoms with E-state index >= 15 is 0 Å². The molecular formula is C20H24NO5+. The van der Waals surface area contributed by atoms with Crippen LogP contribution in [-0.2, 0) is 13.1 Å². The molecule has 6 nitrogen and oxygen atoms in total. The molecule has 2 aliphatic heterocycles. The maximum absolute atomic E-state index is 10.8. The van der Waals surface area contributed by atoms with Crippen LogP contribution in [0, 0.1) is 0 Å². The summed E-state index contributed by atoms with van der Waals surface area (Å²) in [5.41, 5.74) is 4.51. The summed E-state index contributed by atoms with van der Waals surface area (Å²) in [6, 6.07) is 6.14. The first-order valence-corrected chi connectivity index (χ1v) is 8.66. The van der Waals surface area contributed by atoms with Gasteiger partial charge >= 0.3 is 0 Å². The third kappa shape index (κ3) is 2.36. The monoisotopic (exact) mass is 358 g/mol. The van der Waals surface area contributed by atoms with E-state index in [1.165, 1.54) is 16.0 Å². The zero-order chi connectivity index (χ0) is 18.4. The fraction of sp³-hybridized carbons (Fsp3) is 0.400. The molecule has 2 aromatic rings. The minimum atomic E-state index is 0.169. The van der Waals surface area contributed by atoms with Crippen LogP contribution in [0.1, 0.15) is 28.2 Å². The zero-order valence-corrected chi connectivity index (χ0v) is 15.5. The highest BCUT2D eigenvalue weighted by atomic mass is 16.5. The summed E-state index contributed by atoms with van der Waals surface area (Å²) in [7, 11) is 6.45. The maximum Gasteiger partial charge on any atom is 0.203 e. The molecule has 2 aromatic carbocycles. The Morgan fingerprint density at radius 2 is 1.50 bits per heavy atom. The second kappa shape index (κ2) is 6.29. The van der Waals surface area contributed by atoms with Crippen molar-refractivity contribution in [2.75, 3.05) is 35.0 Å². The summed E-state index contributed by atoms with van der Waals surface area (Å²) in [4.78, 5) is 1.41. The first kappa shape index (κ1) is 16.8. The Labute approximate surface area is 152 Å². The van der Waals surface area contributed by atoms with E-state index in [1.54, 1.807) is 28.4 Å². The lowest BCUT2D eigenvalue weighted by molar-refractivity contribution is -0.933. The highest BCUT2D eigenvalue weighted by molar-refractivity contribution is 5.62. The number of aromatic hydroxyl groups is 1. The lowest BCUT2D eigenvalue weighted by Gasteiger charge is -2.38. The van der Waals surface area contributed by atoms with Crippen LogP contribution in [0.3, 0.4) is 0 Å². The van der Waals surface area contributed by atoms with Crippen LogP contribution in [0.2, 0.25) is 0 Å². The van der Waals surface area contributed by atoms with Gasteiger partial charge in [-0.1, -0.05) is 0 Å². The van der Waals surface area contributed by atoms with Crippen molar-refractivity contribution in [2.24, 2.45) is 0 Å². The summed E-state index contributed by atoms with van der Waals surface area (Å²) in [5.74, 6) is 2.80. The van der Waals surface area contributed by atoms with Crippen molar-refractivity contribution in [1.29, 1.82) is 0 Å². The molecule has 0 radical (unpaired) electrons. The minimum absolute atomic E-state index is 0.169. The molecule has 0 fully saturated rings. The third-order valence-electron chi connectivity index (χ3n) is 5.54. The molecule has 26 heavy (non-hydrogen) atoms. The van der Waals surface area contributed by atoms with Gasteiger partial charge in [-0.25, -0.2) is 0 Å². The molecule has 1 unspecified atom stereocenters. The molecule has 0 spiro atoms. The highest BCUT2D eigenvalue weighted by Gasteiger charge is 2.39. The van der Waals surface area contributed by atoms with E-state index in [9.17, 15) is 5.11 Å². The van der Waals surface area contributed by atoms with Crippen molar-refractivity contribution < 1.29 is 29.0 Å². The molecule has 0 saturated heterocycles. The Balaban J connectivity index is 1.91. The van der Waals surface area contributed by atoms with E-state index in [4.69, 9.17) is 18.9 Å². The van der Waals surface area contributed by atoms with Crippen LogP contribution in [-0.4, -0.2) is 40.1 Å². The van der Waals surface area contributed by atoms with Gasteiger partial charge in [0.25, 0.3) is 0 Å². The molecule has 2 atom stereocenters. The number of methoxy groups -OCH3 is 4. The van der Waals surface area contributed by atoms with Crippen LogP contribution in [0.25, 0.3) is 0 Å². The average Bonchev–Trinajstić information content (AvgIpc) is 2.67. The smallest absolute Gasteiger partial charge is 0.203 e. The average molecular weight is 358 g/mol. The third-order valence-corrected chi connectivity index (χ3v) is 5.54. The molecule has 2 N–H and O–H groups in total. The fourth-order valence-corrected chi connectivity index (χ4v) is 4.35. The van der Waals surface area contributed by atoms with Crippen molar-refractivity contribution in [2.45, 2.75) is 19.0 Å². The van der Waals surface area contributed by atoms with Gasteiger partial charge in [-0.15, -0.1) is 0 Å². The van der Waals surface area contributed by atoms with Crippen molar-refractivity contribution >= 4 is 0 Å². The number of rotatable bonds is 4. The first-order valence-electron chi connectivity index (χ1n) is 8.66. The molecule has 2 heterocycles. The number of hydrogen-bond acceptors (Lipinski definition) is 5. The van der Waals surface area contributed by atoms with Gasteiger partial charge in [-0.2, -0.15) is 0 Å². The predicted octanol–water partition coefficient (Wildman–Crippen LogP) is 1.47. The van der Waals surface area contributed by atoms with Gasteiger partial charge in [-0.3, -0.25) is 0 Å². The van der Waals surface area contributed by atoms with Crippen molar-refractivity contribution in [3.8, 4) is 28.7 Å². The van der Waals surface area contributed by atoms with Crippen molar-refractivity contribution in [1.82, 2.24) is 0 Å². The molecule has 0 saturated carbocycles. The summed E-state index contributed by atoms with van der Waals surface area (Å²) in [5, 5.41) is 10.8. The van der Waals surface area contributed by atoms with Gasteiger partial charge in [0.05, 0.1) is 46.5 Å². The quantitative estimate of drug-likeness (QED) is 0.867. The fourth-order valence-electron chi connectivity index (χ4n) is 4.35. The van der Waals surface area contributed by atoms with Gasteiger partial charge in [0.1, 0.15) is 13.1 Å². The Morgan fingerprint density at radius 1 is 0.846 bits per heavy atom. The SMILES string of the molecule is COc1cc2c(cc1OC)[C@@H]1C[NH+](C2)Cc2c1cc(OC)c(OC)c2O. The van der Waals surface area contributed by atoms with E-state index in [1.807, 2.05) is 6.07 Å². The Bertz CT molecular complexity index is 864. The molecule has 0 aromatic heterocycles. The Hall–Kier alpha value is -2.60. The number of ether oxygens (including phenoxy) is 4. The Kier molecular flexibility index (Phi) is 4.07. The first-order chi connectivity index (χ1) is 12.6. The van der Waals surface area contributed by atoms with E-state index in [0.717, 1.165) is 42.3 Å². The number of quaternary nitrogens is 1. The van der Waals surface area contributed by atoms with E-state index in [-0.39, 0.29) is 11.7 Å². The van der Waals surface area contributed by atoms with Crippen molar-refractivity contribution in [3.05, 3.63) is 40.5 Å². The van der Waals surface area contributed by atoms with Gasteiger partial charge < -0.3 is 29.0 Å². The molecule has 2 aliphatic rings. The van der Waals surface area contributed by atoms with Gasteiger partial charge in [0.15, 0.2) is 23.0 Å². The van der Waals surface area contributed by atoms with Gasteiger partial charge in [-0.05, 0) is 29.3 Å². The lowest BCUT2D eigenvalue weighted by Crippen LogP contribution is -3.11. The van der Waals surface area contributed by atoms with Crippen LogP contribution < -0.4 is 23.8 Å². The van der Waals surface area contributed by atoms with E-state index in [2.05, 4.69) is 12.1 Å². The van der Waals surface area contributed by atoms with E-state index < -0.39 is 0 Å². The summed E-state index contributed by atoms with van der Waals surface area (Å²) in [6.07, 6.45) is 0. The normalized spacial score (nSPS) is 20.0. The molecule has 0 amide bonds. The molecular weight excluding hydrogens is 334 g/mol. The number of fused-ring (bicyclic) bond motifs is 6. The van der Waals surface area contributed by atoms with Crippen LogP contribution in [0.5, 0.6) is 28.7 Å². The second-order valence-corrected chi connectivity index (χ2v) is 6.79. The van der Waals surface area contributed by atoms with Crippen LogP contribution >= 0.6 is 0 Å². The molecule has 4 rings (SSSR count). The van der Waals surface area contributed by atoms with E-state index in [0.29, 0.717) is 11.5 Å². The number of hydrogen-bond donors (Lipinski definition) is 2. The maximum atomic E-state index is 10.8. The molecule has 2 bridgehead atoms. The number of benzene rings is 2. The molecule has 6 heteroatoms. The topological polar surface area (TPSA) is 61.6 Å². The number of nitrogens with one attached hydrogen (secondary N) is 1. The lowest BCUT2D eigenvalue weighted by atomic mass is 9.79.